The number of ether oxygens (including phenoxy) is 3. The van der Waals surface area contributed by atoms with Gasteiger partial charge in [0.1, 0.15) is 6.33 Å². The fourth-order valence-corrected chi connectivity index (χ4v) is 3.80. The van der Waals surface area contributed by atoms with Crippen molar-refractivity contribution in [2.45, 2.75) is 0 Å². The monoisotopic (exact) mass is 396 g/mol. The number of morpholine rings is 2. The van der Waals surface area contributed by atoms with Crippen LogP contribution < -0.4 is 14.5 Å². The van der Waals surface area contributed by atoms with Crippen LogP contribution in [0, 0.1) is 0 Å². The number of benzene rings is 1. The molecule has 1 aromatic carbocycles. The molecule has 0 saturated carbocycles. The average molecular weight is 396 g/mol. The molecule has 2 aliphatic heterocycles. The second-order valence-corrected chi connectivity index (χ2v) is 7.01. The summed E-state index contributed by atoms with van der Waals surface area (Å²) in [6.45, 7) is 5.74. The zero-order chi connectivity index (χ0) is 19.6. The van der Waals surface area contributed by atoms with Gasteiger partial charge in [-0.05, 0) is 12.1 Å². The Bertz CT molecular complexity index is 956. The van der Waals surface area contributed by atoms with E-state index in [1.165, 1.54) is 0 Å². The maximum atomic E-state index is 5.83. The van der Waals surface area contributed by atoms with Crippen molar-refractivity contribution in [1.82, 2.24) is 19.5 Å². The van der Waals surface area contributed by atoms with E-state index in [0.29, 0.717) is 38.1 Å². The highest BCUT2D eigenvalue weighted by Gasteiger charge is 2.27. The summed E-state index contributed by atoms with van der Waals surface area (Å²) in [6.07, 6.45) is 1.78. The summed E-state index contributed by atoms with van der Waals surface area (Å²) in [5.74, 6) is 2.87. The van der Waals surface area contributed by atoms with Crippen LogP contribution >= 0.6 is 0 Å². The first-order chi connectivity index (χ1) is 14.3. The molecule has 0 unspecified atom stereocenters. The first kappa shape index (κ1) is 18.1. The highest BCUT2D eigenvalue weighted by atomic mass is 16.5. The van der Waals surface area contributed by atoms with Gasteiger partial charge in [-0.3, -0.25) is 4.57 Å². The molecule has 2 fully saturated rings. The van der Waals surface area contributed by atoms with Crippen LogP contribution in [0.2, 0.25) is 0 Å². The van der Waals surface area contributed by atoms with Gasteiger partial charge in [-0.2, -0.15) is 9.97 Å². The number of anilines is 2. The molecule has 0 radical (unpaired) electrons. The molecule has 0 N–H and O–H groups in total. The molecule has 152 valence electrons. The van der Waals surface area contributed by atoms with Crippen LogP contribution in [0.3, 0.4) is 0 Å². The van der Waals surface area contributed by atoms with Crippen LogP contribution in [0.25, 0.3) is 17.0 Å². The Morgan fingerprint density at radius 3 is 2.03 bits per heavy atom. The number of rotatable bonds is 4. The van der Waals surface area contributed by atoms with Crippen LogP contribution in [-0.4, -0.2) is 79.2 Å². The van der Waals surface area contributed by atoms with Crippen molar-refractivity contribution in [2.75, 3.05) is 69.5 Å². The van der Waals surface area contributed by atoms with Crippen LogP contribution in [-0.2, 0) is 9.47 Å². The number of aromatic nitrogens is 4. The predicted molar refractivity (Wildman–Crippen MR) is 109 cm³/mol. The lowest BCUT2D eigenvalue weighted by molar-refractivity contribution is 0.121. The molecule has 2 saturated heterocycles. The SMILES string of the molecule is COc1c(N2CCOCC2)nc(-n2cnc3ccccc32)nc1N1CCOCC1. The number of methoxy groups -OCH3 is 1. The second kappa shape index (κ2) is 7.84. The third-order valence-corrected chi connectivity index (χ3v) is 5.31. The van der Waals surface area contributed by atoms with Gasteiger partial charge in [0.25, 0.3) is 0 Å². The summed E-state index contributed by atoms with van der Waals surface area (Å²) < 4.78 is 18.8. The molecule has 0 bridgehead atoms. The molecular weight excluding hydrogens is 372 g/mol. The summed E-state index contributed by atoms with van der Waals surface area (Å²) in [4.78, 5) is 18.7. The van der Waals surface area contributed by atoms with Crippen molar-refractivity contribution in [3.63, 3.8) is 0 Å². The molecule has 9 heteroatoms. The van der Waals surface area contributed by atoms with E-state index in [1.54, 1.807) is 13.4 Å². The first-order valence-electron chi connectivity index (χ1n) is 9.89. The van der Waals surface area contributed by atoms with Gasteiger partial charge in [-0.25, -0.2) is 4.98 Å². The summed E-state index contributed by atoms with van der Waals surface area (Å²) >= 11 is 0. The maximum Gasteiger partial charge on any atom is 0.239 e. The molecule has 0 atom stereocenters. The molecule has 5 rings (SSSR count). The molecule has 3 aromatic rings. The number of para-hydroxylation sites is 2. The molecule has 9 nitrogen and oxygen atoms in total. The fraction of sp³-hybridized carbons (Fsp3) is 0.450. The Hall–Kier alpha value is -2.91. The van der Waals surface area contributed by atoms with Gasteiger partial charge in [-0.1, -0.05) is 12.1 Å². The Balaban J connectivity index is 1.67. The van der Waals surface area contributed by atoms with Crippen molar-refractivity contribution in [2.24, 2.45) is 0 Å². The zero-order valence-electron chi connectivity index (χ0n) is 16.5. The van der Waals surface area contributed by atoms with E-state index < -0.39 is 0 Å². The molecular formula is C20H24N6O3. The molecule has 2 aromatic heterocycles. The third-order valence-electron chi connectivity index (χ3n) is 5.31. The van der Waals surface area contributed by atoms with Crippen molar-refractivity contribution >= 4 is 22.7 Å². The summed E-state index contributed by atoms with van der Waals surface area (Å²) in [5, 5.41) is 0. The van der Waals surface area contributed by atoms with Gasteiger partial charge in [0.15, 0.2) is 11.6 Å². The average Bonchev–Trinajstić information content (AvgIpc) is 3.23. The highest BCUT2D eigenvalue weighted by molar-refractivity contribution is 5.77. The summed E-state index contributed by atoms with van der Waals surface area (Å²) in [7, 11) is 1.68. The second-order valence-electron chi connectivity index (χ2n) is 7.01. The van der Waals surface area contributed by atoms with E-state index in [-0.39, 0.29) is 0 Å². The highest BCUT2D eigenvalue weighted by Crippen LogP contribution is 2.37. The van der Waals surface area contributed by atoms with Gasteiger partial charge >= 0.3 is 0 Å². The van der Waals surface area contributed by atoms with Gasteiger partial charge in [-0.15, -0.1) is 0 Å². The smallest absolute Gasteiger partial charge is 0.239 e. The number of hydrogen-bond acceptors (Lipinski definition) is 8. The van der Waals surface area contributed by atoms with Crippen LogP contribution in [0.15, 0.2) is 30.6 Å². The Morgan fingerprint density at radius 2 is 1.45 bits per heavy atom. The number of fused-ring (bicyclic) bond motifs is 1. The first-order valence-corrected chi connectivity index (χ1v) is 9.89. The van der Waals surface area contributed by atoms with Crippen molar-refractivity contribution < 1.29 is 14.2 Å². The molecule has 4 heterocycles. The molecule has 0 spiro atoms. The number of nitrogens with zero attached hydrogens (tertiary/aromatic N) is 6. The number of hydrogen-bond donors (Lipinski definition) is 0. The minimum Gasteiger partial charge on any atom is -0.490 e. The lowest BCUT2D eigenvalue weighted by Gasteiger charge is -2.33. The van der Waals surface area contributed by atoms with Crippen molar-refractivity contribution in [3.05, 3.63) is 30.6 Å². The normalized spacial score (nSPS) is 17.7. The van der Waals surface area contributed by atoms with E-state index >= 15 is 0 Å². The fourth-order valence-electron chi connectivity index (χ4n) is 3.80. The zero-order valence-corrected chi connectivity index (χ0v) is 16.5. The predicted octanol–water partition coefficient (Wildman–Crippen LogP) is 1.50. The largest absolute Gasteiger partial charge is 0.490 e. The molecule has 0 aliphatic carbocycles. The maximum absolute atomic E-state index is 5.83. The quantitative estimate of drug-likeness (QED) is 0.657. The van der Waals surface area contributed by atoms with Gasteiger partial charge in [0, 0.05) is 26.2 Å². The van der Waals surface area contributed by atoms with E-state index in [0.717, 1.165) is 48.8 Å². The Morgan fingerprint density at radius 1 is 0.862 bits per heavy atom. The standard InChI is InChI=1S/C20H24N6O3/c1-27-17-18(24-6-10-28-11-7-24)22-20(23-19(17)25-8-12-29-13-9-25)26-14-21-15-4-2-3-5-16(15)26/h2-5,14H,6-13H2,1H3. The van der Waals surface area contributed by atoms with E-state index in [2.05, 4.69) is 14.8 Å². The van der Waals surface area contributed by atoms with Gasteiger partial charge < -0.3 is 24.0 Å². The molecule has 2 aliphatic rings. The van der Waals surface area contributed by atoms with E-state index in [9.17, 15) is 0 Å². The summed E-state index contributed by atoms with van der Waals surface area (Å²) in [6, 6.07) is 7.99. The minimum absolute atomic E-state index is 0.586. The van der Waals surface area contributed by atoms with Crippen molar-refractivity contribution in [1.29, 1.82) is 0 Å². The summed E-state index contributed by atoms with van der Waals surface area (Å²) in [5.41, 5.74) is 1.88. The topological polar surface area (TPSA) is 77.8 Å². The van der Waals surface area contributed by atoms with Gasteiger partial charge in [0.05, 0.1) is 44.6 Å². The Kier molecular flexibility index (Phi) is 4.91. The van der Waals surface area contributed by atoms with Crippen LogP contribution in [0.4, 0.5) is 11.6 Å². The van der Waals surface area contributed by atoms with Crippen LogP contribution in [0.1, 0.15) is 0 Å². The van der Waals surface area contributed by atoms with Gasteiger partial charge in [0.2, 0.25) is 11.7 Å². The molecule has 0 amide bonds. The number of imidazole rings is 1. The van der Waals surface area contributed by atoms with Crippen molar-refractivity contribution in [3.8, 4) is 11.7 Å². The Labute approximate surface area is 168 Å². The van der Waals surface area contributed by atoms with E-state index in [4.69, 9.17) is 24.2 Å². The minimum atomic E-state index is 0.586. The molecule has 29 heavy (non-hydrogen) atoms. The lowest BCUT2D eigenvalue weighted by atomic mass is 10.3. The van der Waals surface area contributed by atoms with E-state index in [1.807, 2.05) is 28.8 Å². The van der Waals surface area contributed by atoms with Crippen LogP contribution in [0.5, 0.6) is 5.75 Å². The third kappa shape index (κ3) is 3.36. The lowest BCUT2D eigenvalue weighted by Crippen LogP contribution is -2.39.